The first-order valence-corrected chi connectivity index (χ1v) is 8.19. The number of nitrogens with zero attached hydrogens (tertiary/aromatic N) is 5. The zero-order valence-electron chi connectivity index (χ0n) is 12.9. The smallest absolute Gasteiger partial charge is 0.343 e. The van der Waals surface area contributed by atoms with Crippen molar-refractivity contribution in [2.45, 2.75) is 4.90 Å². The molecule has 9 nitrogen and oxygen atoms in total. The van der Waals surface area contributed by atoms with E-state index >= 15 is 0 Å². The second-order valence-electron chi connectivity index (χ2n) is 4.78. The molecule has 0 aliphatic heterocycles. The van der Waals surface area contributed by atoms with Gasteiger partial charge < -0.3 is 4.74 Å². The third-order valence-corrected chi connectivity index (χ3v) is 4.06. The Morgan fingerprint density at radius 3 is 2.60 bits per heavy atom. The normalized spacial score (nSPS) is 10.4. The maximum absolute atomic E-state index is 12.2. The van der Waals surface area contributed by atoms with Crippen LogP contribution in [0.3, 0.4) is 0 Å². The molecule has 10 heteroatoms. The number of carbonyl (C=O) groups is 1. The number of benzene rings is 2. The second-order valence-corrected chi connectivity index (χ2v) is 5.63. The number of esters is 1. The number of hydrogen-bond acceptors (Lipinski definition) is 8. The Bertz CT molecular complexity index is 912. The van der Waals surface area contributed by atoms with Crippen LogP contribution in [0.15, 0.2) is 53.7 Å². The zero-order valence-corrected chi connectivity index (χ0v) is 13.7. The third kappa shape index (κ3) is 3.63. The van der Waals surface area contributed by atoms with Crippen LogP contribution in [-0.4, -0.2) is 37.4 Å². The van der Waals surface area contributed by atoms with Gasteiger partial charge in [0.1, 0.15) is 12.1 Å². The molecule has 25 heavy (non-hydrogen) atoms. The molecule has 0 saturated carbocycles. The molecule has 0 radical (unpaired) electrons. The van der Waals surface area contributed by atoms with Crippen molar-refractivity contribution in [1.29, 1.82) is 0 Å². The Hall–Kier alpha value is -3.27. The number of ether oxygens (including phenoxy) is 1. The van der Waals surface area contributed by atoms with Gasteiger partial charge in [0.2, 0.25) is 0 Å². The molecule has 2 aromatic carbocycles. The molecule has 0 saturated heterocycles. The summed E-state index contributed by atoms with van der Waals surface area (Å²) in [7, 11) is 0. The average molecular weight is 357 g/mol. The van der Waals surface area contributed by atoms with Crippen LogP contribution in [0.2, 0.25) is 0 Å². The van der Waals surface area contributed by atoms with Crippen LogP contribution in [0.4, 0.5) is 5.69 Å². The first-order valence-electron chi connectivity index (χ1n) is 6.96. The number of thioether (sulfide) groups is 1. The fraction of sp³-hybridized carbons (Fsp3) is 0.0667. The van der Waals surface area contributed by atoms with E-state index in [1.165, 1.54) is 41.0 Å². The van der Waals surface area contributed by atoms with Gasteiger partial charge in [0.05, 0.1) is 21.1 Å². The minimum atomic E-state index is -0.675. The maximum atomic E-state index is 12.2. The molecule has 1 aromatic heterocycles. The van der Waals surface area contributed by atoms with E-state index in [0.29, 0.717) is 16.3 Å². The van der Waals surface area contributed by atoms with Crippen LogP contribution in [0.1, 0.15) is 10.4 Å². The number of carbonyl (C=O) groups excluding carboxylic acids is 1. The van der Waals surface area contributed by atoms with Gasteiger partial charge >= 0.3 is 5.97 Å². The predicted molar refractivity (Wildman–Crippen MR) is 89.0 cm³/mol. The molecule has 0 atom stereocenters. The SMILES string of the molecule is CSc1ccc(C(=O)Oc2ccc(-n3cnnn3)cc2)cc1[N+](=O)[O-]. The summed E-state index contributed by atoms with van der Waals surface area (Å²) in [4.78, 5) is 23.3. The highest BCUT2D eigenvalue weighted by molar-refractivity contribution is 7.98. The van der Waals surface area contributed by atoms with Crippen LogP contribution in [0.25, 0.3) is 5.69 Å². The fourth-order valence-corrected chi connectivity index (χ4v) is 2.62. The van der Waals surface area contributed by atoms with Crippen molar-refractivity contribution in [3.63, 3.8) is 0 Å². The zero-order chi connectivity index (χ0) is 17.8. The summed E-state index contributed by atoms with van der Waals surface area (Å²) >= 11 is 1.24. The van der Waals surface area contributed by atoms with Gasteiger partial charge in [-0.25, -0.2) is 9.48 Å². The lowest BCUT2D eigenvalue weighted by Crippen LogP contribution is -2.09. The molecule has 0 aliphatic rings. The molecule has 0 bridgehead atoms. The molecule has 126 valence electrons. The summed E-state index contributed by atoms with van der Waals surface area (Å²) in [5.74, 6) is -0.371. The Kier molecular flexibility index (Phi) is 4.70. The first kappa shape index (κ1) is 16.6. The van der Waals surface area contributed by atoms with Gasteiger partial charge in [0, 0.05) is 6.07 Å². The summed E-state index contributed by atoms with van der Waals surface area (Å²) in [5, 5.41) is 21.9. The predicted octanol–water partition coefficient (Wildman–Crippen LogP) is 2.51. The third-order valence-electron chi connectivity index (χ3n) is 3.27. The Labute approximate surface area is 145 Å². The first-order chi connectivity index (χ1) is 12.1. The maximum Gasteiger partial charge on any atom is 0.343 e. The highest BCUT2D eigenvalue weighted by Gasteiger charge is 2.18. The molecule has 3 rings (SSSR count). The molecule has 0 amide bonds. The average Bonchev–Trinajstić information content (AvgIpc) is 3.16. The summed E-state index contributed by atoms with van der Waals surface area (Å²) in [6.07, 6.45) is 3.17. The van der Waals surface area contributed by atoms with Crippen LogP contribution in [0, 0.1) is 10.1 Å². The van der Waals surface area contributed by atoms with Gasteiger partial charge in [0.25, 0.3) is 5.69 Å². The van der Waals surface area contributed by atoms with Crippen LogP contribution in [-0.2, 0) is 0 Å². The number of nitro benzene ring substituents is 1. The molecule has 0 N–H and O–H groups in total. The van der Waals surface area contributed by atoms with Crippen molar-refractivity contribution >= 4 is 23.4 Å². The van der Waals surface area contributed by atoms with Gasteiger partial charge in [-0.15, -0.1) is 16.9 Å². The fourth-order valence-electron chi connectivity index (χ4n) is 2.07. The van der Waals surface area contributed by atoms with Crippen molar-refractivity contribution in [3.8, 4) is 11.4 Å². The molecule has 1 heterocycles. The summed E-state index contributed by atoms with van der Waals surface area (Å²) < 4.78 is 6.71. The van der Waals surface area contributed by atoms with E-state index in [1.807, 2.05) is 0 Å². The lowest BCUT2D eigenvalue weighted by molar-refractivity contribution is -0.387. The molecule has 0 fully saturated rings. The lowest BCUT2D eigenvalue weighted by Gasteiger charge is -2.06. The standard InChI is InChI=1S/C15H11N5O4S/c1-25-14-7-2-10(8-13(14)20(22)23)15(21)24-12-5-3-11(4-6-12)19-9-16-17-18-19/h2-9H,1H3. The highest BCUT2D eigenvalue weighted by Crippen LogP contribution is 2.28. The summed E-state index contributed by atoms with van der Waals surface area (Å²) in [6, 6.07) is 10.8. The van der Waals surface area contributed by atoms with E-state index in [4.69, 9.17) is 4.74 Å². The minimum Gasteiger partial charge on any atom is -0.423 e. The highest BCUT2D eigenvalue weighted by atomic mass is 32.2. The molecule has 0 aliphatic carbocycles. The quantitative estimate of drug-likeness (QED) is 0.225. The van der Waals surface area contributed by atoms with Crippen molar-refractivity contribution < 1.29 is 14.5 Å². The second kappa shape index (κ2) is 7.09. The number of nitro groups is 1. The van der Waals surface area contributed by atoms with Crippen LogP contribution < -0.4 is 4.74 Å². The van der Waals surface area contributed by atoms with E-state index in [1.54, 1.807) is 30.5 Å². The Balaban J connectivity index is 1.78. The molecular formula is C15H11N5O4S. The van der Waals surface area contributed by atoms with Crippen molar-refractivity contribution in [2.24, 2.45) is 0 Å². The van der Waals surface area contributed by atoms with E-state index < -0.39 is 10.9 Å². The number of rotatable bonds is 5. The van der Waals surface area contributed by atoms with Gasteiger partial charge in [-0.2, -0.15) is 0 Å². The monoisotopic (exact) mass is 357 g/mol. The molecular weight excluding hydrogens is 346 g/mol. The Morgan fingerprint density at radius 1 is 1.24 bits per heavy atom. The van der Waals surface area contributed by atoms with E-state index in [-0.39, 0.29) is 11.3 Å². The largest absolute Gasteiger partial charge is 0.423 e. The van der Waals surface area contributed by atoms with Gasteiger partial charge in [-0.1, -0.05) is 0 Å². The lowest BCUT2D eigenvalue weighted by atomic mass is 10.2. The minimum absolute atomic E-state index is 0.106. The van der Waals surface area contributed by atoms with Gasteiger partial charge in [0.15, 0.2) is 0 Å². The summed E-state index contributed by atoms with van der Waals surface area (Å²) in [6.45, 7) is 0. The molecule has 0 spiro atoms. The van der Waals surface area contributed by atoms with E-state index in [2.05, 4.69) is 15.5 Å². The van der Waals surface area contributed by atoms with Crippen molar-refractivity contribution in [1.82, 2.24) is 20.2 Å². The Morgan fingerprint density at radius 2 is 2.00 bits per heavy atom. The molecule has 3 aromatic rings. The number of tetrazole rings is 1. The van der Waals surface area contributed by atoms with E-state index in [0.717, 1.165) is 0 Å². The number of aromatic nitrogens is 4. The van der Waals surface area contributed by atoms with E-state index in [9.17, 15) is 14.9 Å². The van der Waals surface area contributed by atoms with Crippen LogP contribution >= 0.6 is 11.8 Å². The van der Waals surface area contributed by atoms with Crippen molar-refractivity contribution in [2.75, 3.05) is 6.26 Å². The summed E-state index contributed by atoms with van der Waals surface area (Å²) in [5.41, 5.74) is 0.676. The topological polar surface area (TPSA) is 113 Å². The van der Waals surface area contributed by atoms with Gasteiger partial charge in [-0.3, -0.25) is 10.1 Å². The number of hydrogen-bond donors (Lipinski definition) is 0. The van der Waals surface area contributed by atoms with Gasteiger partial charge in [-0.05, 0) is 53.1 Å². The van der Waals surface area contributed by atoms with Crippen LogP contribution in [0.5, 0.6) is 5.75 Å². The van der Waals surface area contributed by atoms with Crippen molar-refractivity contribution in [3.05, 3.63) is 64.5 Å². The molecule has 0 unspecified atom stereocenters.